The molecule has 154 valence electrons. The number of amides is 1. The van der Waals surface area contributed by atoms with Crippen LogP contribution in [0.5, 0.6) is 0 Å². The molecule has 3 aliphatic rings. The summed E-state index contributed by atoms with van der Waals surface area (Å²) in [5.74, 6) is 0.569. The van der Waals surface area contributed by atoms with E-state index in [9.17, 15) is 13.2 Å². The molecule has 2 saturated heterocycles. The van der Waals surface area contributed by atoms with Crippen LogP contribution in [0.3, 0.4) is 0 Å². The zero-order chi connectivity index (χ0) is 20.2. The maximum Gasteiger partial charge on any atom is 0.243 e. The van der Waals surface area contributed by atoms with Gasteiger partial charge in [0.2, 0.25) is 15.9 Å². The van der Waals surface area contributed by atoms with Crippen molar-refractivity contribution in [1.82, 2.24) is 14.1 Å². The summed E-state index contributed by atoms with van der Waals surface area (Å²) in [5, 5.41) is 0. The Morgan fingerprint density at radius 1 is 1.07 bits per heavy atom. The van der Waals surface area contributed by atoms with Crippen LogP contribution in [0.1, 0.15) is 25.7 Å². The van der Waals surface area contributed by atoms with E-state index in [4.69, 9.17) is 0 Å². The minimum Gasteiger partial charge on any atom is -0.348 e. The van der Waals surface area contributed by atoms with E-state index >= 15 is 0 Å². The Labute approximate surface area is 168 Å². The van der Waals surface area contributed by atoms with E-state index in [-0.39, 0.29) is 16.7 Å². The predicted octanol–water partition coefficient (Wildman–Crippen LogP) is 1.89. The fourth-order valence-corrected chi connectivity index (χ4v) is 7.57. The summed E-state index contributed by atoms with van der Waals surface area (Å²) < 4.78 is 27.6. The van der Waals surface area contributed by atoms with E-state index in [0.717, 1.165) is 38.8 Å². The SMILES string of the molecule is CN1C[C@H]2C3(CCN(S(=O)(=O)c4ccccc4)CC3)CC[C@@]2(C(=O)N(C)C)C1. The van der Waals surface area contributed by atoms with Gasteiger partial charge in [-0.3, -0.25) is 4.79 Å². The Hall–Kier alpha value is -1.44. The van der Waals surface area contributed by atoms with Crippen molar-refractivity contribution in [3.05, 3.63) is 30.3 Å². The molecule has 1 spiro atoms. The number of carbonyl (C=O) groups excluding carboxylic acids is 1. The van der Waals surface area contributed by atoms with Gasteiger partial charge < -0.3 is 9.80 Å². The lowest BCUT2D eigenvalue weighted by molar-refractivity contribution is -0.141. The molecule has 7 heteroatoms. The topological polar surface area (TPSA) is 60.9 Å². The van der Waals surface area contributed by atoms with Gasteiger partial charge in [0.1, 0.15) is 0 Å². The summed E-state index contributed by atoms with van der Waals surface area (Å²) in [6.07, 6.45) is 3.65. The third-order valence-corrected chi connectivity index (χ3v) is 9.37. The summed E-state index contributed by atoms with van der Waals surface area (Å²) in [7, 11) is 2.37. The highest BCUT2D eigenvalue weighted by molar-refractivity contribution is 7.89. The molecule has 1 aliphatic carbocycles. The highest BCUT2D eigenvalue weighted by Crippen LogP contribution is 2.62. The van der Waals surface area contributed by atoms with Crippen LogP contribution in [0, 0.1) is 16.7 Å². The molecule has 0 aromatic heterocycles. The maximum absolute atomic E-state index is 13.1. The number of hydrogen-bond donors (Lipinski definition) is 0. The quantitative estimate of drug-likeness (QED) is 0.771. The van der Waals surface area contributed by atoms with Crippen molar-refractivity contribution in [2.24, 2.45) is 16.7 Å². The van der Waals surface area contributed by atoms with E-state index in [1.54, 1.807) is 33.5 Å². The van der Waals surface area contributed by atoms with Gasteiger partial charge in [-0.15, -0.1) is 0 Å². The molecular weight excluding hydrogens is 374 g/mol. The third-order valence-electron chi connectivity index (χ3n) is 7.45. The largest absolute Gasteiger partial charge is 0.348 e. The number of rotatable bonds is 3. The fourth-order valence-electron chi connectivity index (χ4n) is 6.10. The Morgan fingerprint density at radius 2 is 1.71 bits per heavy atom. The lowest BCUT2D eigenvalue weighted by Gasteiger charge is -2.44. The van der Waals surface area contributed by atoms with Crippen molar-refractivity contribution in [1.29, 1.82) is 0 Å². The van der Waals surface area contributed by atoms with Gasteiger partial charge in [-0.05, 0) is 56.2 Å². The molecular formula is C21H31N3O3S. The van der Waals surface area contributed by atoms with Gasteiger partial charge >= 0.3 is 0 Å². The molecule has 1 aromatic carbocycles. The van der Waals surface area contributed by atoms with Crippen LogP contribution in [-0.2, 0) is 14.8 Å². The molecule has 6 nitrogen and oxygen atoms in total. The Kier molecular flexibility index (Phi) is 4.83. The average Bonchev–Trinajstić information content (AvgIpc) is 3.17. The third kappa shape index (κ3) is 2.90. The number of piperidine rings is 1. The lowest BCUT2D eigenvalue weighted by atomic mass is 9.66. The molecule has 2 atom stereocenters. The Balaban J connectivity index is 1.55. The fraction of sp³-hybridized carbons (Fsp3) is 0.667. The van der Waals surface area contributed by atoms with Gasteiger partial charge in [-0.25, -0.2) is 8.42 Å². The van der Waals surface area contributed by atoms with E-state index < -0.39 is 10.0 Å². The summed E-state index contributed by atoms with van der Waals surface area (Å²) in [5.41, 5.74) is -0.210. The Bertz CT molecular complexity index is 847. The summed E-state index contributed by atoms with van der Waals surface area (Å²) in [4.78, 5) is 17.5. The molecule has 0 radical (unpaired) electrons. The number of fused-ring (bicyclic) bond motifs is 2. The summed E-state index contributed by atoms with van der Waals surface area (Å²) in [6, 6.07) is 8.71. The molecule has 2 aliphatic heterocycles. The number of sulfonamides is 1. The van der Waals surface area contributed by atoms with Crippen LogP contribution in [0.15, 0.2) is 35.2 Å². The van der Waals surface area contributed by atoms with Crippen molar-refractivity contribution in [2.75, 3.05) is 47.3 Å². The molecule has 4 rings (SSSR count). The van der Waals surface area contributed by atoms with Gasteiger partial charge in [-0.1, -0.05) is 18.2 Å². The van der Waals surface area contributed by atoms with Crippen molar-refractivity contribution in [3.8, 4) is 0 Å². The molecule has 2 heterocycles. The molecule has 28 heavy (non-hydrogen) atoms. The van der Waals surface area contributed by atoms with Crippen molar-refractivity contribution in [2.45, 2.75) is 30.6 Å². The highest BCUT2D eigenvalue weighted by atomic mass is 32.2. The molecule has 1 saturated carbocycles. The number of hydrogen-bond acceptors (Lipinski definition) is 4. The van der Waals surface area contributed by atoms with Crippen LogP contribution in [0.25, 0.3) is 0 Å². The van der Waals surface area contributed by atoms with Crippen LogP contribution in [-0.4, -0.2) is 75.8 Å². The number of likely N-dealkylation sites (tertiary alicyclic amines) is 1. The first-order valence-electron chi connectivity index (χ1n) is 10.2. The van der Waals surface area contributed by atoms with Crippen molar-refractivity contribution in [3.63, 3.8) is 0 Å². The first kappa shape index (κ1) is 19.9. The van der Waals surface area contributed by atoms with Crippen LogP contribution >= 0.6 is 0 Å². The smallest absolute Gasteiger partial charge is 0.243 e. The van der Waals surface area contributed by atoms with Gasteiger partial charge in [0.25, 0.3) is 0 Å². The van der Waals surface area contributed by atoms with Crippen molar-refractivity contribution >= 4 is 15.9 Å². The Morgan fingerprint density at radius 3 is 2.32 bits per heavy atom. The highest BCUT2D eigenvalue weighted by Gasteiger charge is 2.64. The lowest BCUT2D eigenvalue weighted by Crippen LogP contribution is -2.49. The zero-order valence-corrected chi connectivity index (χ0v) is 17.9. The maximum atomic E-state index is 13.1. The van der Waals surface area contributed by atoms with E-state index in [1.165, 1.54) is 0 Å². The van der Waals surface area contributed by atoms with Crippen LogP contribution in [0.4, 0.5) is 0 Å². The second-order valence-corrected chi connectivity index (χ2v) is 11.1. The normalized spacial score (nSPS) is 30.5. The number of nitrogens with zero attached hydrogens (tertiary/aromatic N) is 3. The molecule has 3 fully saturated rings. The number of benzene rings is 1. The van der Waals surface area contributed by atoms with Gasteiger partial charge in [0, 0.05) is 40.3 Å². The molecule has 1 amide bonds. The van der Waals surface area contributed by atoms with E-state index in [1.807, 2.05) is 20.2 Å². The molecule has 0 unspecified atom stereocenters. The molecule has 0 bridgehead atoms. The van der Waals surface area contributed by atoms with Gasteiger partial charge in [0.15, 0.2) is 0 Å². The zero-order valence-electron chi connectivity index (χ0n) is 17.1. The second-order valence-electron chi connectivity index (χ2n) is 9.18. The van der Waals surface area contributed by atoms with Crippen LogP contribution < -0.4 is 0 Å². The number of carbonyl (C=O) groups is 1. The first-order chi connectivity index (χ1) is 13.2. The summed E-state index contributed by atoms with van der Waals surface area (Å²) >= 11 is 0. The monoisotopic (exact) mass is 405 g/mol. The minimum atomic E-state index is -3.44. The average molecular weight is 406 g/mol. The molecule has 0 N–H and O–H groups in total. The van der Waals surface area contributed by atoms with E-state index in [0.29, 0.717) is 23.9 Å². The predicted molar refractivity (Wildman–Crippen MR) is 108 cm³/mol. The minimum absolute atomic E-state index is 0.0825. The second kappa shape index (κ2) is 6.82. The summed E-state index contributed by atoms with van der Waals surface area (Å²) in [6.45, 7) is 2.85. The van der Waals surface area contributed by atoms with Crippen LogP contribution in [0.2, 0.25) is 0 Å². The van der Waals surface area contributed by atoms with E-state index in [2.05, 4.69) is 11.9 Å². The van der Waals surface area contributed by atoms with Gasteiger partial charge in [-0.2, -0.15) is 4.31 Å². The van der Waals surface area contributed by atoms with Crippen molar-refractivity contribution < 1.29 is 13.2 Å². The standard InChI is InChI=1S/C21H31N3O3S/c1-22(2)19(25)21-10-9-20(18(21)15-23(3)16-21)11-13-24(14-12-20)28(26,27)17-7-5-4-6-8-17/h4-8,18H,9-16H2,1-3H3/t18-,21+/m0/s1. The first-order valence-corrected chi connectivity index (χ1v) is 11.6. The van der Waals surface area contributed by atoms with Gasteiger partial charge in [0.05, 0.1) is 10.3 Å². The molecule has 1 aromatic rings.